The number of halogens is 2. The Morgan fingerprint density at radius 3 is 1.75 bits per heavy atom. The predicted octanol–water partition coefficient (Wildman–Crippen LogP) is 15.9. The molecular weight excluding hydrogens is 803 g/mol. The number of anilines is 4. The van der Waals surface area contributed by atoms with Crippen LogP contribution in [0.2, 0.25) is 0 Å². The fourth-order valence-electron chi connectivity index (χ4n) is 8.70. The Morgan fingerprint density at radius 1 is 0.508 bits per heavy atom. The van der Waals surface area contributed by atoms with Crippen LogP contribution < -0.4 is 9.80 Å². The van der Waals surface area contributed by atoms with Gasteiger partial charge in [-0.1, -0.05) is 166 Å². The van der Waals surface area contributed by atoms with Crippen molar-refractivity contribution in [2.75, 3.05) is 16.5 Å². The molecule has 0 unspecified atom stereocenters. The van der Waals surface area contributed by atoms with E-state index in [-0.39, 0.29) is 51.3 Å². The molecular formula is C59H46F2N4. The highest BCUT2D eigenvalue weighted by Crippen LogP contribution is 2.52. The lowest BCUT2D eigenvalue weighted by molar-refractivity contribution is 0.0430. The summed E-state index contributed by atoms with van der Waals surface area (Å²) >= 11 is 0. The van der Waals surface area contributed by atoms with Crippen LogP contribution in [0.15, 0.2) is 212 Å². The standard InChI is InChI=1S/C59H46F2N4/c1-58(2,3)44-32-33-62-56(38-44)65-52-27-14-13-26-48(52)49-31-30-46(37-55(49)65)59(60,61)45-24-17-25-47(36-45)63-39-64(54-29-16-15-28-53(54)63)57-50(41-20-9-5-10-21-41)34-43(40-18-7-4-8-19-40)35-51(57)42-22-11-6-12-23-42/h4-38H,39H2,1-3H3/i4D,5D,6D,7D,8D,9D,10D,11D,12D,18D,19D,20D,21D,22D,23D. The zero-order valence-electron chi connectivity index (χ0n) is 50.3. The number of para-hydroxylation sites is 3. The quantitative estimate of drug-likeness (QED) is 0.152. The lowest BCUT2D eigenvalue weighted by Crippen LogP contribution is -2.25. The summed E-state index contributed by atoms with van der Waals surface area (Å²) in [6.07, 6.45) is 1.71. The maximum Gasteiger partial charge on any atom is 0.298 e. The highest BCUT2D eigenvalue weighted by Gasteiger charge is 2.37. The summed E-state index contributed by atoms with van der Waals surface area (Å²) in [6.45, 7) is 5.98. The molecule has 6 heteroatoms. The summed E-state index contributed by atoms with van der Waals surface area (Å²) in [5.41, 5.74) is 0.525. The zero-order chi connectivity index (χ0) is 57.3. The molecule has 1 aliphatic heterocycles. The van der Waals surface area contributed by atoms with E-state index in [1.54, 1.807) is 52.4 Å². The molecule has 4 nitrogen and oxygen atoms in total. The van der Waals surface area contributed by atoms with Crippen molar-refractivity contribution in [3.63, 3.8) is 0 Å². The minimum atomic E-state index is -3.60. The predicted molar refractivity (Wildman–Crippen MR) is 265 cm³/mol. The van der Waals surface area contributed by atoms with Crippen LogP contribution in [0.3, 0.4) is 0 Å². The number of rotatable bonds is 8. The average molecular weight is 864 g/mol. The summed E-state index contributed by atoms with van der Waals surface area (Å²) in [4.78, 5) is 8.02. The maximum atomic E-state index is 17.6. The molecule has 0 bridgehead atoms. The van der Waals surface area contributed by atoms with Gasteiger partial charge >= 0.3 is 0 Å². The Bertz CT molecular complexity index is 4110. The zero-order valence-corrected chi connectivity index (χ0v) is 35.3. The first-order valence-electron chi connectivity index (χ1n) is 28.4. The third-order valence-electron chi connectivity index (χ3n) is 11.9. The van der Waals surface area contributed by atoms with Crippen molar-refractivity contribution in [3.8, 4) is 39.2 Å². The lowest BCUT2D eigenvalue weighted by Gasteiger charge is -2.28. The summed E-state index contributed by atoms with van der Waals surface area (Å²) in [7, 11) is 0. The van der Waals surface area contributed by atoms with Gasteiger partial charge in [-0.2, -0.15) is 8.78 Å². The van der Waals surface area contributed by atoms with Crippen molar-refractivity contribution in [1.82, 2.24) is 9.55 Å². The number of fused-ring (bicyclic) bond motifs is 4. The Hall–Kier alpha value is -7.83. The molecule has 8 aromatic carbocycles. The fraction of sp³-hybridized carbons (Fsp3) is 0.102. The highest BCUT2D eigenvalue weighted by molar-refractivity contribution is 6.09. The monoisotopic (exact) mass is 863 g/mol. The topological polar surface area (TPSA) is 24.3 Å². The number of alkyl halides is 2. The van der Waals surface area contributed by atoms with E-state index in [4.69, 9.17) is 20.1 Å². The van der Waals surface area contributed by atoms with Gasteiger partial charge in [0.15, 0.2) is 0 Å². The molecule has 2 aromatic heterocycles. The number of hydrogen-bond donors (Lipinski definition) is 0. The molecule has 0 saturated carbocycles. The Kier molecular flexibility index (Phi) is 6.48. The number of nitrogens with zero attached hydrogens (tertiary/aromatic N) is 4. The van der Waals surface area contributed by atoms with Gasteiger partial charge in [-0.25, -0.2) is 4.98 Å². The fourth-order valence-corrected chi connectivity index (χ4v) is 8.70. The van der Waals surface area contributed by atoms with Gasteiger partial charge in [-0.05, 0) is 93.9 Å². The van der Waals surface area contributed by atoms with Crippen LogP contribution in [0.5, 0.6) is 0 Å². The Labute approximate surface area is 399 Å². The molecule has 0 saturated heterocycles. The van der Waals surface area contributed by atoms with Gasteiger partial charge in [0.05, 0.1) is 48.7 Å². The first kappa shape index (κ1) is 26.7. The summed E-state index contributed by atoms with van der Waals surface area (Å²) in [6, 6.07) is 20.4. The van der Waals surface area contributed by atoms with Gasteiger partial charge in [0, 0.05) is 44.9 Å². The van der Waals surface area contributed by atoms with E-state index < -0.39 is 113 Å². The van der Waals surface area contributed by atoms with Crippen molar-refractivity contribution in [3.05, 3.63) is 229 Å². The van der Waals surface area contributed by atoms with Crippen LogP contribution in [-0.2, 0) is 11.3 Å². The van der Waals surface area contributed by atoms with Crippen molar-refractivity contribution in [1.29, 1.82) is 0 Å². The third-order valence-corrected chi connectivity index (χ3v) is 11.9. The van der Waals surface area contributed by atoms with E-state index in [0.29, 0.717) is 22.7 Å². The Balaban J connectivity index is 1.13. The van der Waals surface area contributed by atoms with Crippen LogP contribution in [0.4, 0.5) is 31.5 Å². The van der Waals surface area contributed by atoms with Crippen LogP contribution in [0.1, 0.15) is 58.0 Å². The largest absolute Gasteiger partial charge is 0.321 e. The molecule has 0 spiro atoms. The van der Waals surface area contributed by atoms with Crippen molar-refractivity contribution in [2.45, 2.75) is 32.1 Å². The van der Waals surface area contributed by atoms with E-state index in [1.807, 2.05) is 41.0 Å². The SMILES string of the molecule is [2H]c1c([2H])c([2H])c(-c2cc(-c3c([2H])c([2H])c([2H])c([2H])c3[2H])c(N3CN(c4cccc(C(F)(F)c5ccc6c7ccccc7n(-c7cc(C(C)(C)C)ccn7)c6c5)c4)c4ccccc43)c(-c3c([2H])c([2H])c([2H])c([2H])c3[2H])c2)c([2H])c1[2H]. The molecule has 0 atom stereocenters. The number of hydrogen-bond acceptors (Lipinski definition) is 3. The molecule has 0 fully saturated rings. The lowest BCUT2D eigenvalue weighted by atomic mass is 9.88. The second-order valence-electron chi connectivity index (χ2n) is 16.8. The molecule has 0 amide bonds. The highest BCUT2D eigenvalue weighted by atomic mass is 19.3. The van der Waals surface area contributed by atoms with Crippen LogP contribution >= 0.6 is 0 Å². The average Bonchev–Trinajstić information content (AvgIpc) is 4.17. The maximum absolute atomic E-state index is 17.6. The first-order valence-corrected chi connectivity index (χ1v) is 20.9. The van der Waals surface area contributed by atoms with Gasteiger partial charge in [0.25, 0.3) is 5.92 Å². The van der Waals surface area contributed by atoms with E-state index in [9.17, 15) is 5.48 Å². The van der Waals surface area contributed by atoms with Gasteiger partial charge in [0.2, 0.25) is 0 Å². The van der Waals surface area contributed by atoms with Gasteiger partial charge in [-0.3, -0.25) is 4.57 Å². The van der Waals surface area contributed by atoms with E-state index >= 15 is 8.78 Å². The van der Waals surface area contributed by atoms with E-state index in [1.165, 1.54) is 42.5 Å². The van der Waals surface area contributed by atoms with Crippen LogP contribution in [0.25, 0.3) is 61.0 Å². The number of benzene rings is 8. The Morgan fingerprint density at radius 2 is 1.09 bits per heavy atom. The van der Waals surface area contributed by atoms with Crippen LogP contribution in [0, 0.1) is 0 Å². The molecule has 10 aromatic rings. The minimum Gasteiger partial charge on any atom is -0.321 e. The van der Waals surface area contributed by atoms with Gasteiger partial charge in [-0.15, -0.1) is 0 Å². The molecule has 3 heterocycles. The summed E-state index contributed by atoms with van der Waals surface area (Å²) in [5, 5.41) is 1.60. The molecule has 65 heavy (non-hydrogen) atoms. The number of pyridine rings is 1. The molecule has 1 aliphatic rings. The molecule has 0 aliphatic carbocycles. The van der Waals surface area contributed by atoms with E-state index in [0.717, 1.165) is 21.9 Å². The second-order valence-corrected chi connectivity index (χ2v) is 16.8. The summed E-state index contributed by atoms with van der Waals surface area (Å²) in [5.74, 6) is -3.04. The van der Waals surface area contributed by atoms with Gasteiger partial charge < -0.3 is 9.80 Å². The van der Waals surface area contributed by atoms with Crippen LogP contribution in [-0.4, -0.2) is 16.2 Å². The molecule has 0 N–H and O–H groups in total. The second kappa shape index (κ2) is 15.8. The molecule has 0 radical (unpaired) electrons. The normalized spacial score (nSPS) is 16.1. The van der Waals surface area contributed by atoms with Crippen molar-refractivity contribution >= 4 is 44.6 Å². The summed E-state index contributed by atoms with van der Waals surface area (Å²) < 4.78 is 170. The van der Waals surface area contributed by atoms with Crippen molar-refractivity contribution < 1.29 is 29.3 Å². The molecule has 11 rings (SSSR count). The number of aromatic nitrogens is 2. The minimum absolute atomic E-state index is 0.0826. The third kappa shape index (κ3) is 7.03. The smallest absolute Gasteiger partial charge is 0.298 e. The van der Waals surface area contributed by atoms with E-state index in [2.05, 4.69) is 20.8 Å². The molecule has 316 valence electrons. The first-order chi connectivity index (χ1) is 37.8. The van der Waals surface area contributed by atoms with Gasteiger partial charge in [0.1, 0.15) is 12.5 Å². The van der Waals surface area contributed by atoms with Crippen molar-refractivity contribution in [2.24, 2.45) is 0 Å².